The van der Waals surface area contributed by atoms with Crippen LogP contribution in [0, 0.1) is 6.92 Å². The summed E-state index contributed by atoms with van der Waals surface area (Å²) >= 11 is 0. The summed E-state index contributed by atoms with van der Waals surface area (Å²) in [5.41, 5.74) is 16.7. The van der Waals surface area contributed by atoms with Crippen molar-refractivity contribution in [1.29, 1.82) is 0 Å². The van der Waals surface area contributed by atoms with Gasteiger partial charge in [-0.3, -0.25) is 0 Å². The Labute approximate surface area is 110 Å². The van der Waals surface area contributed by atoms with Crippen LogP contribution in [0.25, 0.3) is 22.2 Å². The van der Waals surface area contributed by atoms with Crippen molar-refractivity contribution in [2.45, 2.75) is 6.92 Å². The maximum atomic E-state index is 6.00. The van der Waals surface area contributed by atoms with Crippen LogP contribution in [0.5, 0.6) is 0 Å². The fraction of sp³-hybridized carbons (Fsp3) is 0.143. The lowest BCUT2D eigenvalue weighted by molar-refractivity contribution is 0.944. The topological polar surface area (TPSA) is 82.8 Å². The van der Waals surface area contributed by atoms with Crippen molar-refractivity contribution >= 4 is 22.5 Å². The lowest BCUT2D eigenvalue weighted by Crippen LogP contribution is -1.95. The van der Waals surface area contributed by atoms with Crippen LogP contribution in [0.2, 0.25) is 0 Å². The third kappa shape index (κ3) is 1.62. The van der Waals surface area contributed by atoms with Crippen LogP contribution in [0.4, 0.5) is 11.5 Å². The van der Waals surface area contributed by atoms with Crippen LogP contribution in [0.1, 0.15) is 5.56 Å². The first kappa shape index (κ1) is 11.5. The molecule has 19 heavy (non-hydrogen) atoms. The van der Waals surface area contributed by atoms with E-state index in [0.29, 0.717) is 5.82 Å². The van der Waals surface area contributed by atoms with Gasteiger partial charge < -0.3 is 16.0 Å². The highest BCUT2D eigenvalue weighted by Crippen LogP contribution is 2.35. The molecule has 5 heteroatoms. The normalized spacial score (nSPS) is 11.1. The Bertz CT molecular complexity index is 773. The Balaban J connectivity index is 2.41. The van der Waals surface area contributed by atoms with Crippen molar-refractivity contribution in [1.82, 2.24) is 14.5 Å². The Morgan fingerprint density at radius 3 is 2.68 bits per heavy atom. The number of aromatic nitrogens is 3. The number of rotatable bonds is 1. The summed E-state index contributed by atoms with van der Waals surface area (Å²) in [5.74, 6) is 0.488. The molecule has 0 bridgehead atoms. The van der Waals surface area contributed by atoms with E-state index in [1.54, 1.807) is 0 Å². The highest BCUT2D eigenvalue weighted by molar-refractivity contribution is 6.01. The molecule has 4 N–H and O–H groups in total. The summed E-state index contributed by atoms with van der Waals surface area (Å²) in [6, 6.07) is 5.87. The highest BCUT2D eigenvalue weighted by atomic mass is 15.0. The summed E-state index contributed by atoms with van der Waals surface area (Å²) in [6.45, 7) is 2.00. The van der Waals surface area contributed by atoms with E-state index in [9.17, 15) is 0 Å². The molecule has 0 saturated carbocycles. The van der Waals surface area contributed by atoms with Crippen LogP contribution in [0.3, 0.4) is 0 Å². The van der Waals surface area contributed by atoms with E-state index >= 15 is 0 Å². The molecular weight excluding hydrogens is 238 g/mol. The zero-order chi connectivity index (χ0) is 13.6. The van der Waals surface area contributed by atoms with E-state index in [1.165, 1.54) is 6.33 Å². The summed E-state index contributed by atoms with van der Waals surface area (Å²) in [5, 5.41) is 0.874. The quantitative estimate of drug-likeness (QED) is 0.651. The van der Waals surface area contributed by atoms with Gasteiger partial charge in [-0.2, -0.15) is 0 Å². The molecule has 5 nitrogen and oxygen atoms in total. The van der Waals surface area contributed by atoms with Gasteiger partial charge in [0.05, 0.1) is 5.39 Å². The van der Waals surface area contributed by atoms with Crippen LogP contribution in [-0.2, 0) is 7.05 Å². The summed E-state index contributed by atoms with van der Waals surface area (Å²) in [4.78, 5) is 8.36. The van der Waals surface area contributed by atoms with Gasteiger partial charge in [0.25, 0.3) is 0 Å². The summed E-state index contributed by atoms with van der Waals surface area (Å²) in [7, 11) is 1.94. The predicted octanol–water partition coefficient (Wildman–Crippen LogP) is 2.11. The average Bonchev–Trinajstić information content (AvgIpc) is 2.72. The van der Waals surface area contributed by atoms with Gasteiger partial charge in [0.1, 0.15) is 17.8 Å². The first-order chi connectivity index (χ1) is 9.09. The zero-order valence-electron chi connectivity index (χ0n) is 10.9. The molecule has 2 heterocycles. The zero-order valence-corrected chi connectivity index (χ0v) is 10.9. The van der Waals surface area contributed by atoms with Crippen LogP contribution >= 0.6 is 0 Å². The third-order valence-electron chi connectivity index (χ3n) is 3.45. The van der Waals surface area contributed by atoms with Gasteiger partial charge >= 0.3 is 0 Å². The maximum absolute atomic E-state index is 6.00. The van der Waals surface area contributed by atoms with E-state index in [4.69, 9.17) is 11.5 Å². The molecule has 2 aromatic heterocycles. The van der Waals surface area contributed by atoms with Crippen LogP contribution < -0.4 is 11.5 Å². The van der Waals surface area contributed by atoms with Gasteiger partial charge in [0.2, 0.25) is 0 Å². The first-order valence-corrected chi connectivity index (χ1v) is 6.00. The molecule has 0 aliphatic carbocycles. The van der Waals surface area contributed by atoms with Crippen LogP contribution in [-0.4, -0.2) is 14.5 Å². The largest absolute Gasteiger partial charge is 0.398 e. The Morgan fingerprint density at radius 2 is 1.89 bits per heavy atom. The summed E-state index contributed by atoms with van der Waals surface area (Å²) < 4.78 is 1.95. The van der Waals surface area contributed by atoms with Gasteiger partial charge in [0, 0.05) is 24.5 Å². The molecule has 0 spiro atoms. The van der Waals surface area contributed by atoms with Crippen molar-refractivity contribution in [2.75, 3.05) is 11.5 Å². The predicted molar refractivity (Wildman–Crippen MR) is 77.5 cm³/mol. The van der Waals surface area contributed by atoms with E-state index in [-0.39, 0.29) is 0 Å². The average molecular weight is 253 g/mol. The molecule has 1 aromatic carbocycles. The SMILES string of the molecule is Cc1c(N)cccc1-c1cn(C)c2ncnc(N)c12. The van der Waals surface area contributed by atoms with Crippen molar-refractivity contribution in [2.24, 2.45) is 7.05 Å². The van der Waals surface area contributed by atoms with Crippen LogP contribution in [0.15, 0.2) is 30.7 Å². The lowest BCUT2D eigenvalue weighted by atomic mass is 9.99. The number of nitrogen functional groups attached to an aromatic ring is 2. The van der Waals surface area contributed by atoms with Gasteiger partial charge in [0.15, 0.2) is 0 Å². The van der Waals surface area contributed by atoms with E-state index < -0.39 is 0 Å². The Morgan fingerprint density at radius 1 is 1.11 bits per heavy atom. The fourth-order valence-electron chi connectivity index (χ4n) is 2.38. The molecule has 0 saturated heterocycles. The monoisotopic (exact) mass is 253 g/mol. The molecule has 3 aromatic rings. The minimum Gasteiger partial charge on any atom is -0.398 e. The van der Waals surface area contributed by atoms with E-state index in [2.05, 4.69) is 9.97 Å². The van der Waals surface area contributed by atoms with Crippen molar-refractivity contribution < 1.29 is 0 Å². The second-order valence-corrected chi connectivity index (χ2v) is 4.63. The molecule has 0 aliphatic rings. The smallest absolute Gasteiger partial charge is 0.145 e. The minimum atomic E-state index is 0.488. The number of benzene rings is 1. The molecule has 0 atom stereocenters. The molecule has 0 fully saturated rings. The van der Waals surface area contributed by atoms with Gasteiger partial charge in [-0.15, -0.1) is 0 Å². The second-order valence-electron chi connectivity index (χ2n) is 4.63. The third-order valence-corrected chi connectivity index (χ3v) is 3.45. The van der Waals surface area contributed by atoms with Gasteiger partial charge in [-0.1, -0.05) is 12.1 Å². The molecule has 0 unspecified atom stereocenters. The van der Waals surface area contributed by atoms with Crippen molar-refractivity contribution in [3.05, 3.63) is 36.3 Å². The maximum Gasteiger partial charge on any atom is 0.145 e. The molecule has 0 radical (unpaired) electrons. The van der Waals surface area contributed by atoms with Crippen molar-refractivity contribution in [3.8, 4) is 11.1 Å². The first-order valence-electron chi connectivity index (χ1n) is 6.00. The molecular formula is C14H15N5. The highest BCUT2D eigenvalue weighted by Gasteiger charge is 2.15. The molecule has 0 aliphatic heterocycles. The lowest BCUT2D eigenvalue weighted by Gasteiger charge is -2.07. The molecule has 3 rings (SSSR count). The fourth-order valence-corrected chi connectivity index (χ4v) is 2.38. The Hall–Kier alpha value is -2.56. The van der Waals surface area contributed by atoms with Crippen molar-refractivity contribution in [3.63, 3.8) is 0 Å². The second kappa shape index (κ2) is 3.98. The van der Waals surface area contributed by atoms with Gasteiger partial charge in [-0.05, 0) is 24.1 Å². The number of fused-ring (bicyclic) bond motifs is 1. The van der Waals surface area contributed by atoms with E-state index in [1.807, 2.05) is 42.9 Å². The standard InChI is InChI=1S/C14H15N5/c1-8-9(4-3-5-11(8)15)10-6-19(2)14-12(10)13(16)17-7-18-14/h3-7H,15H2,1-2H3,(H2,16,17,18). The minimum absolute atomic E-state index is 0.488. The Kier molecular flexibility index (Phi) is 2.41. The number of nitrogens with two attached hydrogens (primary N) is 2. The molecule has 0 amide bonds. The van der Waals surface area contributed by atoms with Gasteiger partial charge in [-0.25, -0.2) is 9.97 Å². The number of hydrogen-bond acceptors (Lipinski definition) is 4. The molecule has 96 valence electrons. The number of aryl methyl sites for hydroxylation is 1. The van der Waals surface area contributed by atoms with E-state index in [0.717, 1.165) is 33.4 Å². The number of anilines is 2. The number of hydrogen-bond donors (Lipinski definition) is 2. The number of nitrogens with zero attached hydrogens (tertiary/aromatic N) is 3. The summed E-state index contributed by atoms with van der Waals surface area (Å²) in [6.07, 6.45) is 3.49.